The Morgan fingerprint density at radius 1 is 1.41 bits per heavy atom. The number of carbonyl (C=O) groups is 1. The fourth-order valence-electron chi connectivity index (χ4n) is 1.51. The largest absolute Gasteiger partial charge is 0.494 e. The van der Waals surface area contributed by atoms with E-state index in [1.165, 1.54) is 10.5 Å². The third-order valence-corrected chi connectivity index (χ3v) is 3.32. The second-order valence-electron chi connectivity index (χ2n) is 3.83. The summed E-state index contributed by atoms with van der Waals surface area (Å²) in [6, 6.07) is 6.02. The van der Waals surface area contributed by atoms with Crippen molar-refractivity contribution in [3.8, 4) is 5.75 Å². The third-order valence-electron chi connectivity index (χ3n) is 2.42. The molecule has 0 heterocycles. The standard InChI is InChI=1S/C13H18O3S/c1-10-9-11(6-7-12(10)17-2)16-8-4-3-5-13(14)15/h6-7,9H,3-5,8H2,1-2H3,(H,14,15). The van der Waals surface area contributed by atoms with Crippen molar-refractivity contribution in [3.05, 3.63) is 23.8 Å². The molecule has 0 radical (unpaired) electrons. The Morgan fingerprint density at radius 2 is 2.18 bits per heavy atom. The number of carboxylic acid groups (broad SMARTS) is 1. The van der Waals surface area contributed by atoms with Crippen molar-refractivity contribution in [2.45, 2.75) is 31.1 Å². The van der Waals surface area contributed by atoms with Gasteiger partial charge in [-0.1, -0.05) is 0 Å². The Labute approximate surface area is 106 Å². The Bertz CT molecular complexity index is 377. The number of benzene rings is 1. The molecule has 0 aromatic heterocycles. The van der Waals surface area contributed by atoms with Crippen molar-refractivity contribution < 1.29 is 14.6 Å². The topological polar surface area (TPSA) is 46.5 Å². The van der Waals surface area contributed by atoms with Gasteiger partial charge in [-0.3, -0.25) is 4.79 Å². The molecule has 0 fully saturated rings. The number of aliphatic carboxylic acids is 1. The van der Waals surface area contributed by atoms with E-state index in [1.54, 1.807) is 11.8 Å². The molecule has 0 atom stereocenters. The third kappa shape index (κ3) is 5.13. The van der Waals surface area contributed by atoms with Gasteiger partial charge < -0.3 is 9.84 Å². The van der Waals surface area contributed by atoms with Gasteiger partial charge in [-0.05, 0) is 49.8 Å². The van der Waals surface area contributed by atoms with Crippen molar-refractivity contribution >= 4 is 17.7 Å². The number of hydrogen-bond donors (Lipinski definition) is 1. The van der Waals surface area contributed by atoms with Crippen LogP contribution in [-0.4, -0.2) is 23.9 Å². The van der Waals surface area contributed by atoms with Crippen LogP contribution in [0.5, 0.6) is 5.75 Å². The Morgan fingerprint density at radius 3 is 2.76 bits per heavy atom. The van der Waals surface area contributed by atoms with Crippen LogP contribution >= 0.6 is 11.8 Å². The number of rotatable bonds is 7. The minimum atomic E-state index is -0.745. The van der Waals surface area contributed by atoms with E-state index in [1.807, 2.05) is 18.2 Å². The molecule has 1 N–H and O–H groups in total. The van der Waals surface area contributed by atoms with Crippen molar-refractivity contribution in [3.63, 3.8) is 0 Å². The number of carboxylic acids is 1. The Kier molecular flexibility index (Phi) is 5.91. The second-order valence-corrected chi connectivity index (χ2v) is 4.68. The van der Waals surface area contributed by atoms with Gasteiger partial charge in [0.1, 0.15) is 5.75 Å². The number of thioether (sulfide) groups is 1. The van der Waals surface area contributed by atoms with E-state index in [0.717, 1.165) is 12.2 Å². The highest BCUT2D eigenvalue weighted by Gasteiger charge is 2.00. The molecule has 17 heavy (non-hydrogen) atoms. The normalized spacial score (nSPS) is 10.2. The molecule has 1 rings (SSSR count). The van der Waals surface area contributed by atoms with Gasteiger partial charge in [0.15, 0.2) is 0 Å². The molecule has 0 aliphatic rings. The van der Waals surface area contributed by atoms with Crippen LogP contribution in [-0.2, 0) is 4.79 Å². The van der Waals surface area contributed by atoms with Crippen LogP contribution in [0, 0.1) is 6.92 Å². The van der Waals surface area contributed by atoms with Crippen LogP contribution in [0.25, 0.3) is 0 Å². The van der Waals surface area contributed by atoms with Crippen LogP contribution in [0.4, 0.5) is 0 Å². The maximum atomic E-state index is 10.3. The zero-order valence-corrected chi connectivity index (χ0v) is 11.0. The molecule has 1 aromatic rings. The number of ether oxygens (including phenoxy) is 1. The van der Waals surface area contributed by atoms with Crippen molar-refractivity contribution in [2.75, 3.05) is 12.9 Å². The SMILES string of the molecule is CSc1ccc(OCCCCC(=O)O)cc1C. The Hall–Kier alpha value is -1.16. The predicted molar refractivity (Wildman–Crippen MR) is 69.9 cm³/mol. The molecule has 0 amide bonds. The minimum Gasteiger partial charge on any atom is -0.494 e. The van der Waals surface area contributed by atoms with Gasteiger partial charge in [-0.15, -0.1) is 11.8 Å². The van der Waals surface area contributed by atoms with E-state index >= 15 is 0 Å². The molecule has 0 unspecified atom stereocenters. The van der Waals surface area contributed by atoms with Crippen LogP contribution < -0.4 is 4.74 Å². The first kappa shape index (κ1) is 13.9. The smallest absolute Gasteiger partial charge is 0.303 e. The highest BCUT2D eigenvalue weighted by molar-refractivity contribution is 7.98. The van der Waals surface area contributed by atoms with E-state index in [0.29, 0.717) is 13.0 Å². The van der Waals surface area contributed by atoms with Crippen molar-refractivity contribution in [1.82, 2.24) is 0 Å². The van der Waals surface area contributed by atoms with Gasteiger partial charge in [-0.25, -0.2) is 0 Å². The zero-order valence-electron chi connectivity index (χ0n) is 10.2. The summed E-state index contributed by atoms with van der Waals surface area (Å²) in [6.07, 6.45) is 3.70. The first-order valence-electron chi connectivity index (χ1n) is 5.62. The second kappa shape index (κ2) is 7.22. The maximum Gasteiger partial charge on any atom is 0.303 e. The summed E-state index contributed by atoms with van der Waals surface area (Å²) in [6.45, 7) is 2.63. The monoisotopic (exact) mass is 254 g/mol. The van der Waals surface area contributed by atoms with Gasteiger partial charge in [0.25, 0.3) is 0 Å². The van der Waals surface area contributed by atoms with Crippen LogP contribution in [0.3, 0.4) is 0 Å². The first-order chi connectivity index (χ1) is 8.13. The molecule has 0 aliphatic carbocycles. The average molecular weight is 254 g/mol. The molecule has 0 saturated carbocycles. The van der Waals surface area contributed by atoms with E-state index in [9.17, 15) is 4.79 Å². The fraction of sp³-hybridized carbons (Fsp3) is 0.462. The molecule has 0 aliphatic heterocycles. The minimum absolute atomic E-state index is 0.216. The quantitative estimate of drug-likeness (QED) is 0.598. The molecule has 0 spiro atoms. The van der Waals surface area contributed by atoms with Crippen LogP contribution in [0.1, 0.15) is 24.8 Å². The summed E-state index contributed by atoms with van der Waals surface area (Å²) in [5.74, 6) is 0.112. The molecule has 0 saturated heterocycles. The maximum absolute atomic E-state index is 10.3. The molecule has 4 heteroatoms. The van der Waals surface area contributed by atoms with E-state index in [4.69, 9.17) is 9.84 Å². The summed E-state index contributed by atoms with van der Waals surface area (Å²) in [5, 5.41) is 8.48. The molecule has 1 aromatic carbocycles. The Balaban J connectivity index is 2.32. The molecule has 0 bridgehead atoms. The van der Waals surface area contributed by atoms with Crippen molar-refractivity contribution in [2.24, 2.45) is 0 Å². The molecular formula is C13H18O3S. The first-order valence-corrected chi connectivity index (χ1v) is 6.85. The lowest BCUT2D eigenvalue weighted by molar-refractivity contribution is -0.137. The predicted octanol–water partition coefficient (Wildman–Crippen LogP) is 3.35. The highest BCUT2D eigenvalue weighted by Crippen LogP contribution is 2.24. The number of hydrogen-bond acceptors (Lipinski definition) is 3. The fourth-order valence-corrected chi connectivity index (χ4v) is 2.09. The van der Waals surface area contributed by atoms with Gasteiger partial charge in [0.05, 0.1) is 6.61 Å². The summed E-state index contributed by atoms with van der Waals surface area (Å²) in [4.78, 5) is 11.6. The molecule has 94 valence electrons. The summed E-state index contributed by atoms with van der Waals surface area (Å²) in [7, 11) is 0. The molecular weight excluding hydrogens is 236 g/mol. The summed E-state index contributed by atoms with van der Waals surface area (Å²) >= 11 is 1.72. The summed E-state index contributed by atoms with van der Waals surface area (Å²) < 4.78 is 5.57. The van der Waals surface area contributed by atoms with Gasteiger partial charge in [0, 0.05) is 11.3 Å². The zero-order chi connectivity index (χ0) is 12.7. The highest BCUT2D eigenvalue weighted by atomic mass is 32.2. The lowest BCUT2D eigenvalue weighted by Gasteiger charge is -2.08. The lowest BCUT2D eigenvalue weighted by Crippen LogP contribution is -2.00. The number of aryl methyl sites for hydroxylation is 1. The van der Waals surface area contributed by atoms with Gasteiger partial charge in [0.2, 0.25) is 0 Å². The van der Waals surface area contributed by atoms with Crippen molar-refractivity contribution in [1.29, 1.82) is 0 Å². The molecule has 3 nitrogen and oxygen atoms in total. The lowest BCUT2D eigenvalue weighted by atomic mass is 10.2. The summed E-state index contributed by atoms with van der Waals surface area (Å²) in [5.41, 5.74) is 1.21. The van der Waals surface area contributed by atoms with Crippen LogP contribution in [0.15, 0.2) is 23.1 Å². The van der Waals surface area contributed by atoms with E-state index < -0.39 is 5.97 Å². The van der Waals surface area contributed by atoms with Gasteiger partial charge in [-0.2, -0.15) is 0 Å². The van der Waals surface area contributed by atoms with E-state index in [2.05, 4.69) is 13.2 Å². The van der Waals surface area contributed by atoms with Crippen LogP contribution in [0.2, 0.25) is 0 Å². The van der Waals surface area contributed by atoms with Gasteiger partial charge >= 0.3 is 5.97 Å². The average Bonchev–Trinajstić information content (AvgIpc) is 2.28. The number of unbranched alkanes of at least 4 members (excludes halogenated alkanes) is 1. The van der Waals surface area contributed by atoms with E-state index in [-0.39, 0.29) is 6.42 Å².